The standard InChI is InChI=1S/C23H24F2N4OS2/c1-15-18(22-26-9-12-32-22)14-27-20(29-10-4-7-23(24,25)8-11-29)19(15)21(30)28-16-5-3-6-17(13-16)31-2/h3,5-6,9,12-14H,4,7-8,10-11H2,1-2H3,(H,28,30). The van der Waals surface area contributed by atoms with E-state index in [1.165, 1.54) is 11.3 Å². The zero-order valence-corrected chi connectivity index (χ0v) is 19.5. The molecule has 1 N–H and O–H groups in total. The van der Waals surface area contributed by atoms with Gasteiger partial charge in [-0.2, -0.15) is 0 Å². The fraction of sp³-hybridized carbons (Fsp3) is 0.348. The van der Waals surface area contributed by atoms with Crippen LogP contribution in [0.2, 0.25) is 0 Å². The van der Waals surface area contributed by atoms with Crippen molar-refractivity contribution >= 4 is 40.5 Å². The molecular weight excluding hydrogens is 450 g/mol. The van der Waals surface area contributed by atoms with Crippen LogP contribution in [-0.2, 0) is 0 Å². The summed E-state index contributed by atoms with van der Waals surface area (Å²) in [6, 6.07) is 7.59. The molecule has 3 aromatic rings. The number of anilines is 2. The van der Waals surface area contributed by atoms with Gasteiger partial charge >= 0.3 is 0 Å². The lowest BCUT2D eigenvalue weighted by Gasteiger charge is -2.25. The Morgan fingerprint density at radius 2 is 2.09 bits per heavy atom. The number of rotatable bonds is 5. The van der Waals surface area contributed by atoms with Crippen LogP contribution in [0.1, 0.15) is 35.2 Å². The molecule has 5 nitrogen and oxygen atoms in total. The Bertz CT molecular complexity index is 1110. The Kier molecular flexibility index (Phi) is 6.76. The summed E-state index contributed by atoms with van der Waals surface area (Å²) >= 11 is 3.05. The summed E-state index contributed by atoms with van der Waals surface area (Å²) in [5.41, 5.74) is 2.58. The van der Waals surface area contributed by atoms with Crippen molar-refractivity contribution in [3.63, 3.8) is 0 Å². The zero-order valence-electron chi connectivity index (χ0n) is 17.9. The van der Waals surface area contributed by atoms with E-state index >= 15 is 0 Å². The van der Waals surface area contributed by atoms with Crippen LogP contribution in [0.5, 0.6) is 0 Å². The highest BCUT2D eigenvalue weighted by molar-refractivity contribution is 7.98. The monoisotopic (exact) mass is 474 g/mol. The van der Waals surface area contributed by atoms with Crippen molar-refractivity contribution in [1.29, 1.82) is 0 Å². The predicted molar refractivity (Wildman–Crippen MR) is 127 cm³/mol. The van der Waals surface area contributed by atoms with E-state index in [1.54, 1.807) is 24.2 Å². The number of amides is 1. The van der Waals surface area contributed by atoms with Crippen molar-refractivity contribution in [2.45, 2.75) is 37.0 Å². The van der Waals surface area contributed by atoms with Crippen LogP contribution in [0.3, 0.4) is 0 Å². The van der Waals surface area contributed by atoms with Crippen LogP contribution < -0.4 is 10.2 Å². The Hall–Kier alpha value is -2.52. The number of nitrogens with one attached hydrogen (secondary N) is 1. The molecular formula is C23H24F2N4OS2. The smallest absolute Gasteiger partial charge is 0.259 e. The van der Waals surface area contributed by atoms with Crippen molar-refractivity contribution in [3.05, 3.63) is 53.2 Å². The Morgan fingerprint density at radius 1 is 1.25 bits per heavy atom. The van der Waals surface area contributed by atoms with Gasteiger partial charge < -0.3 is 10.2 Å². The van der Waals surface area contributed by atoms with E-state index in [1.807, 2.05) is 47.7 Å². The minimum absolute atomic E-state index is 0.150. The van der Waals surface area contributed by atoms with Crippen molar-refractivity contribution in [2.24, 2.45) is 0 Å². The number of benzene rings is 1. The highest BCUT2D eigenvalue weighted by atomic mass is 32.2. The molecule has 1 aromatic carbocycles. The van der Waals surface area contributed by atoms with Crippen molar-refractivity contribution < 1.29 is 13.6 Å². The summed E-state index contributed by atoms with van der Waals surface area (Å²) in [4.78, 5) is 25.3. The molecule has 0 spiro atoms. The van der Waals surface area contributed by atoms with Gasteiger partial charge in [0.1, 0.15) is 10.8 Å². The minimum Gasteiger partial charge on any atom is -0.356 e. The number of thioether (sulfide) groups is 1. The Labute approximate surface area is 194 Å². The van der Waals surface area contributed by atoms with E-state index in [0.29, 0.717) is 30.0 Å². The largest absolute Gasteiger partial charge is 0.356 e. The predicted octanol–water partition coefficient (Wildman–Crippen LogP) is 6.11. The van der Waals surface area contributed by atoms with Gasteiger partial charge in [0.25, 0.3) is 5.91 Å². The van der Waals surface area contributed by atoms with Gasteiger partial charge in [-0.05, 0) is 43.4 Å². The zero-order chi connectivity index (χ0) is 22.7. The summed E-state index contributed by atoms with van der Waals surface area (Å²) in [7, 11) is 0. The second-order valence-corrected chi connectivity index (χ2v) is 9.49. The topological polar surface area (TPSA) is 58.1 Å². The highest BCUT2D eigenvalue weighted by Gasteiger charge is 2.33. The molecule has 0 bridgehead atoms. The van der Waals surface area contributed by atoms with Crippen LogP contribution in [0.25, 0.3) is 10.6 Å². The first-order valence-electron chi connectivity index (χ1n) is 10.4. The Balaban J connectivity index is 1.74. The molecule has 0 unspecified atom stereocenters. The van der Waals surface area contributed by atoms with Crippen LogP contribution in [0.15, 0.2) is 46.9 Å². The van der Waals surface area contributed by atoms with Crippen molar-refractivity contribution in [3.8, 4) is 10.6 Å². The summed E-state index contributed by atoms with van der Waals surface area (Å²) in [6.45, 7) is 2.45. The number of hydrogen-bond donors (Lipinski definition) is 1. The van der Waals surface area contributed by atoms with Gasteiger partial charge in [0, 0.05) is 59.9 Å². The molecule has 0 aliphatic carbocycles. The molecule has 1 aliphatic rings. The first kappa shape index (κ1) is 22.7. The number of carbonyl (C=O) groups excluding carboxylic acids is 1. The molecule has 3 heterocycles. The van der Waals surface area contributed by atoms with Crippen LogP contribution in [0.4, 0.5) is 20.3 Å². The van der Waals surface area contributed by atoms with Crippen LogP contribution >= 0.6 is 23.1 Å². The third kappa shape index (κ3) is 4.94. The molecule has 4 rings (SSSR count). The number of thiazole rings is 1. The second kappa shape index (κ2) is 9.54. The molecule has 0 radical (unpaired) electrons. The average Bonchev–Trinajstić information content (AvgIpc) is 3.24. The van der Waals surface area contributed by atoms with Crippen molar-refractivity contribution in [1.82, 2.24) is 9.97 Å². The Morgan fingerprint density at radius 3 is 2.84 bits per heavy atom. The maximum absolute atomic E-state index is 14.0. The molecule has 2 aromatic heterocycles. The fourth-order valence-corrected chi connectivity index (χ4v) is 5.01. The lowest BCUT2D eigenvalue weighted by molar-refractivity contribution is -0.0102. The molecule has 0 atom stereocenters. The lowest BCUT2D eigenvalue weighted by Crippen LogP contribution is -2.30. The average molecular weight is 475 g/mol. The number of hydrogen-bond acceptors (Lipinski definition) is 6. The molecule has 1 aliphatic heterocycles. The summed E-state index contributed by atoms with van der Waals surface area (Å²) in [5, 5.41) is 5.61. The molecule has 9 heteroatoms. The SMILES string of the molecule is CSc1cccc(NC(=O)c2c(N3CCCC(F)(F)CC3)ncc(-c3nccs3)c2C)c1. The maximum Gasteiger partial charge on any atom is 0.259 e. The van der Waals surface area contributed by atoms with Gasteiger partial charge in [-0.15, -0.1) is 23.1 Å². The first-order valence-corrected chi connectivity index (χ1v) is 12.5. The van der Waals surface area contributed by atoms with Gasteiger partial charge in [-0.3, -0.25) is 4.79 Å². The number of aromatic nitrogens is 2. The number of nitrogens with zero attached hydrogens (tertiary/aromatic N) is 3. The molecule has 0 saturated carbocycles. The van der Waals surface area contributed by atoms with Gasteiger partial charge in [0.15, 0.2) is 0 Å². The van der Waals surface area contributed by atoms with Gasteiger partial charge in [0.05, 0.1) is 5.56 Å². The first-order chi connectivity index (χ1) is 15.4. The van der Waals surface area contributed by atoms with E-state index in [-0.39, 0.29) is 25.3 Å². The maximum atomic E-state index is 14.0. The molecule has 1 saturated heterocycles. The van der Waals surface area contributed by atoms with Gasteiger partial charge in [-0.25, -0.2) is 18.7 Å². The quantitative estimate of drug-likeness (QED) is 0.452. The molecule has 1 fully saturated rings. The number of alkyl halides is 2. The van der Waals surface area contributed by atoms with E-state index in [9.17, 15) is 13.6 Å². The van der Waals surface area contributed by atoms with Crippen LogP contribution in [0, 0.1) is 6.92 Å². The summed E-state index contributed by atoms with van der Waals surface area (Å²) < 4.78 is 27.9. The third-order valence-electron chi connectivity index (χ3n) is 5.55. The molecule has 1 amide bonds. The second-order valence-electron chi connectivity index (χ2n) is 7.72. The fourth-order valence-electron chi connectivity index (χ4n) is 3.84. The van der Waals surface area contributed by atoms with Gasteiger partial charge in [0.2, 0.25) is 5.92 Å². The van der Waals surface area contributed by atoms with Crippen molar-refractivity contribution in [2.75, 3.05) is 29.6 Å². The van der Waals surface area contributed by atoms with Crippen LogP contribution in [-0.4, -0.2) is 41.1 Å². The normalized spacial score (nSPS) is 15.9. The van der Waals surface area contributed by atoms with E-state index in [0.717, 1.165) is 21.0 Å². The lowest BCUT2D eigenvalue weighted by atomic mass is 10.0. The molecule has 168 valence electrons. The third-order valence-corrected chi connectivity index (χ3v) is 7.09. The number of pyridine rings is 1. The highest BCUT2D eigenvalue weighted by Crippen LogP contribution is 2.35. The van der Waals surface area contributed by atoms with Gasteiger partial charge in [-0.1, -0.05) is 6.07 Å². The molecule has 32 heavy (non-hydrogen) atoms. The number of halogens is 2. The minimum atomic E-state index is -2.69. The van der Waals surface area contributed by atoms with E-state index in [4.69, 9.17) is 0 Å². The summed E-state index contributed by atoms with van der Waals surface area (Å²) in [6.07, 6.45) is 5.32. The van der Waals surface area contributed by atoms with E-state index < -0.39 is 5.92 Å². The summed E-state index contributed by atoms with van der Waals surface area (Å²) in [5.74, 6) is -2.55. The number of carbonyl (C=O) groups is 1. The van der Waals surface area contributed by atoms with E-state index in [2.05, 4.69) is 15.3 Å².